The molecule has 1 heterocycles. The third kappa shape index (κ3) is 4.05. The van der Waals surface area contributed by atoms with Crippen LogP contribution in [0.25, 0.3) is 10.4 Å². The number of carbonyl (C=O) groups excluding carboxylic acids is 1. The van der Waals surface area contributed by atoms with E-state index in [0.29, 0.717) is 19.1 Å². The number of nitrogens with one attached hydrogen (secondary N) is 1. The number of rotatable bonds is 7. The van der Waals surface area contributed by atoms with Crippen LogP contribution in [0.4, 0.5) is 0 Å². The number of aryl methyl sites for hydroxylation is 2. The molecule has 0 aliphatic heterocycles. The maximum Gasteiger partial charge on any atom is 0.261 e. The Hall–Kier alpha value is -1.65. The van der Waals surface area contributed by atoms with E-state index in [1.165, 1.54) is 21.6 Å². The Morgan fingerprint density at radius 2 is 2.04 bits per heavy atom. The van der Waals surface area contributed by atoms with Crippen LogP contribution in [-0.2, 0) is 17.6 Å². The predicted octanol–water partition coefficient (Wildman–Crippen LogP) is 4.31. The quantitative estimate of drug-likeness (QED) is 0.761. The number of benzene rings is 1. The van der Waals surface area contributed by atoms with E-state index in [9.17, 15) is 4.79 Å². The molecule has 0 spiro atoms. The van der Waals surface area contributed by atoms with E-state index in [-0.39, 0.29) is 5.91 Å². The minimum Gasteiger partial charge on any atom is -0.381 e. The lowest BCUT2D eigenvalue weighted by molar-refractivity contribution is 0.0928. The molecule has 0 radical (unpaired) electrons. The van der Waals surface area contributed by atoms with Crippen molar-refractivity contribution in [1.29, 1.82) is 0 Å². The highest BCUT2D eigenvalue weighted by Crippen LogP contribution is 2.39. The first-order valence-corrected chi connectivity index (χ1v) is 9.53. The van der Waals surface area contributed by atoms with Crippen molar-refractivity contribution in [2.24, 2.45) is 5.92 Å². The Morgan fingerprint density at radius 1 is 1.25 bits per heavy atom. The first kappa shape index (κ1) is 17.2. The molecule has 0 saturated heterocycles. The van der Waals surface area contributed by atoms with Gasteiger partial charge < -0.3 is 10.1 Å². The second-order valence-corrected chi connectivity index (χ2v) is 7.75. The van der Waals surface area contributed by atoms with Crippen LogP contribution in [0.3, 0.4) is 0 Å². The summed E-state index contributed by atoms with van der Waals surface area (Å²) in [5.41, 5.74) is 4.00. The van der Waals surface area contributed by atoms with Gasteiger partial charge in [-0.05, 0) is 47.9 Å². The molecule has 1 aliphatic rings. The highest BCUT2D eigenvalue weighted by Gasteiger charge is 2.21. The van der Waals surface area contributed by atoms with Gasteiger partial charge in [0.25, 0.3) is 5.91 Å². The largest absolute Gasteiger partial charge is 0.381 e. The molecule has 0 unspecified atom stereocenters. The van der Waals surface area contributed by atoms with Crippen LogP contribution in [0.1, 0.15) is 41.1 Å². The SMILES string of the molecule is CC(C)COCCCNC(=O)c1cc2c(s1)-c1ccccc1CC2. The third-order valence-electron chi connectivity index (χ3n) is 4.16. The van der Waals surface area contributed by atoms with Crippen LogP contribution < -0.4 is 5.32 Å². The highest BCUT2D eigenvalue weighted by molar-refractivity contribution is 7.17. The average molecular weight is 343 g/mol. The molecule has 1 N–H and O–H groups in total. The van der Waals surface area contributed by atoms with E-state index < -0.39 is 0 Å². The van der Waals surface area contributed by atoms with Crippen molar-refractivity contribution in [3.63, 3.8) is 0 Å². The van der Waals surface area contributed by atoms with Crippen molar-refractivity contribution in [3.8, 4) is 10.4 Å². The molecule has 0 saturated carbocycles. The zero-order valence-corrected chi connectivity index (χ0v) is 15.2. The summed E-state index contributed by atoms with van der Waals surface area (Å²) in [4.78, 5) is 14.5. The minimum absolute atomic E-state index is 0.0377. The second-order valence-electron chi connectivity index (χ2n) is 6.70. The van der Waals surface area contributed by atoms with Crippen molar-refractivity contribution >= 4 is 17.2 Å². The van der Waals surface area contributed by atoms with Gasteiger partial charge in [-0.25, -0.2) is 0 Å². The Balaban J connectivity index is 1.55. The van der Waals surface area contributed by atoms with Gasteiger partial charge in [0.2, 0.25) is 0 Å². The van der Waals surface area contributed by atoms with Gasteiger partial charge in [-0.2, -0.15) is 0 Å². The van der Waals surface area contributed by atoms with Gasteiger partial charge in [0, 0.05) is 24.6 Å². The third-order valence-corrected chi connectivity index (χ3v) is 5.37. The van der Waals surface area contributed by atoms with Crippen LogP contribution in [0.2, 0.25) is 0 Å². The fraction of sp³-hybridized carbons (Fsp3) is 0.450. The summed E-state index contributed by atoms with van der Waals surface area (Å²) in [6, 6.07) is 10.6. The molecule has 0 fully saturated rings. The Labute approximate surface area is 148 Å². The molecule has 1 amide bonds. The lowest BCUT2D eigenvalue weighted by Gasteiger charge is -2.15. The van der Waals surface area contributed by atoms with Gasteiger partial charge in [-0.3, -0.25) is 4.79 Å². The van der Waals surface area contributed by atoms with Gasteiger partial charge in [0.15, 0.2) is 0 Å². The van der Waals surface area contributed by atoms with Gasteiger partial charge in [-0.1, -0.05) is 38.1 Å². The van der Waals surface area contributed by atoms with Crippen molar-refractivity contribution in [2.75, 3.05) is 19.8 Å². The molecule has 1 aromatic heterocycles. The van der Waals surface area contributed by atoms with Gasteiger partial charge in [0.05, 0.1) is 4.88 Å². The number of hydrogen-bond donors (Lipinski definition) is 1. The maximum atomic E-state index is 12.4. The number of fused-ring (bicyclic) bond motifs is 3. The zero-order chi connectivity index (χ0) is 16.9. The van der Waals surface area contributed by atoms with E-state index in [0.717, 1.165) is 30.7 Å². The van der Waals surface area contributed by atoms with Crippen LogP contribution in [0, 0.1) is 5.92 Å². The molecule has 1 aliphatic carbocycles. The molecule has 3 nitrogen and oxygen atoms in total. The first-order valence-electron chi connectivity index (χ1n) is 8.72. The minimum atomic E-state index is 0.0377. The Morgan fingerprint density at radius 3 is 2.88 bits per heavy atom. The number of carbonyl (C=O) groups is 1. The van der Waals surface area contributed by atoms with E-state index >= 15 is 0 Å². The Kier molecular flexibility index (Phi) is 5.69. The van der Waals surface area contributed by atoms with Gasteiger partial charge >= 0.3 is 0 Å². The van der Waals surface area contributed by atoms with Crippen LogP contribution >= 0.6 is 11.3 Å². The van der Waals surface area contributed by atoms with Gasteiger partial charge in [-0.15, -0.1) is 11.3 Å². The van der Waals surface area contributed by atoms with Crippen LogP contribution in [0.15, 0.2) is 30.3 Å². The molecule has 0 atom stereocenters. The van der Waals surface area contributed by atoms with Crippen molar-refractivity contribution < 1.29 is 9.53 Å². The fourth-order valence-electron chi connectivity index (χ4n) is 2.97. The van der Waals surface area contributed by atoms with Crippen molar-refractivity contribution in [3.05, 3.63) is 46.3 Å². The summed E-state index contributed by atoms with van der Waals surface area (Å²) in [6.45, 7) is 6.42. The molecular formula is C20H25NO2S. The van der Waals surface area contributed by atoms with Crippen molar-refractivity contribution in [1.82, 2.24) is 5.32 Å². The number of thiophene rings is 1. The number of hydrogen-bond acceptors (Lipinski definition) is 3. The fourth-order valence-corrected chi connectivity index (χ4v) is 4.15. The van der Waals surface area contributed by atoms with E-state index in [1.807, 2.05) is 0 Å². The summed E-state index contributed by atoms with van der Waals surface area (Å²) in [7, 11) is 0. The summed E-state index contributed by atoms with van der Waals surface area (Å²) in [5, 5.41) is 3.01. The van der Waals surface area contributed by atoms with Crippen molar-refractivity contribution in [2.45, 2.75) is 33.1 Å². The summed E-state index contributed by atoms with van der Waals surface area (Å²) in [6.07, 6.45) is 2.94. The summed E-state index contributed by atoms with van der Waals surface area (Å²) >= 11 is 1.62. The molecule has 0 bridgehead atoms. The van der Waals surface area contributed by atoms with E-state index in [4.69, 9.17) is 4.74 Å². The van der Waals surface area contributed by atoms with Crippen LogP contribution in [-0.4, -0.2) is 25.7 Å². The summed E-state index contributed by atoms with van der Waals surface area (Å²) < 4.78 is 5.54. The summed E-state index contributed by atoms with van der Waals surface area (Å²) in [5.74, 6) is 0.593. The molecule has 128 valence electrons. The zero-order valence-electron chi connectivity index (χ0n) is 14.4. The molecule has 2 aromatic rings. The monoisotopic (exact) mass is 343 g/mol. The van der Waals surface area contributed by atoms with Crippen LogP contribution in [0.5, 0.6) is 0 Å². The molecule has 24 heavy (non-hydrogen) atoms. The standard InChI is InChI=1S/C20H25NO2S/c1-14(2)13-23-11-5-10-21-20(22)18-12-16-9-8-15-6-3-4-7-17(15)19(16)24-18/h3-4,6-7,12,14H,5,8-11,13H2,1-2H3,(H,21,22). The smallest absolute Gasteiger partial charge is 0.261 e. The van der Waals surface area contributed by atoms with E-state index in [2.05, 4.69) is 49.5 Å². The molecule has 4 heteroatoms. The first-order chi connectivity index (χ1) is 11.6. The topological polar surface area (TPSA) is 38.3 Å². The molecule has 1 aromatic carbocycles. The lowest BCUT2D eigenvalue weighted by atomic mass is 9.91. The average Bonchev–Trinajstić information content (AvgIpc) is 3.02. The number of amides is 1. The highest BCUT2D eigenvalue weighted by atomic mass is 32.1. The second kappa shape index (κ2) is 7.95. The molecular weight excluding hydrogens is 318 g/mol. The lowest BCUT2D eigenvalue weighted by Crippen LogP contribution is -2.24. The Bertz CT molecular complexity index is 705. The normalized spacial score (nSPS) is 12.8. The van der Waals surface area contributed by atoms with E-state index in [1.54, 1.807) is 11.3 Å². The molecule has 3 rings (SSSR count). The predicted molar refractivity (Wildman–Crippen MR) is 99.8 cm³/mol. The maximum absolute atomic E-state index is 12.4. The number of ether oxygens (including phenoxy) is 1. The van der Waals surface area contributed by atoms with Gasteiger partial charge in [0.1, 0.15) is 0 Å².